The van der Waals surface area contributed by atoms with Gasteiger partial charge in [0.05, 0.1) is 27.7 Å². The zero-order valence-corrected chi connectivity index (χ0v) is 40.4. The first-order valence-corrected chi connectivity index (χ1v) is 25.1. The van der Waals surface area contributed by atoms with Gasteiger partial charge in [-0.05, 0) is 96.3 Å². The van der Waals surface area contributed by atoms with E-state index in [1.807, 2.05) is 21.1 Å². The Morgan fingerprint density at radius 2 is 0.871 bits per heavy atom. The average Bonchev–Trinajstić information content (AvgIpc) is 3.23. The minimum absolute atomic E-state index is 0.0456. The number of esters is 2. The number of unbranched alkanes of at least 4 members (excludes halogenated alkanes) is 9. The number of quaternary nitrogens is 1. The standard InChI is InChI=1S/C52H86NO8P/c1-6-8-10-12-14-16-18-20-21-22-23-24-25-26-27-28-29-30-31-33-35-37-39-41-43-45-52(55)61-50(49-60-62(56,57)59-47-46-53(3,4)5)48-58-51(54)44-42-40-38-36-34-32-19-17-15-13-11-9-7-2/h8-11,14-17,20-21,23-24,26-27,29-30,32,34,50H,6-7,12-13,18-19,22,25,28,31,33,35-49H2,1-5H3/b10-8-,11-9-,16-14-,17-15-,21-20-,24-23-,27-26-,30-29-,34-32-. The molecule has 0 heterocycles. The van der Waals surface area contributed by atoms with Gasteiger partial charge in [-0.2, -0.15) is 0 Å². The Labute approximate surface area is 378 Å². The molecule has 0 aromatic carbocycles. The summed E-state index contributed by atoms with van der Waals surface area (Å²) < 4.78 is 33.9. The minimum Gasteiger partial charge on any atom is -0.756 e. The van der Waals surface area contributed by atoms with Crippen LogP contribution in [-0.4, -0.2) is 70.0 Å². The van der Waals surface area contributed by atoms with Crippen molar-refractivity contribution >= 4 is 19.8 Å². The van der Waals surface area contributed by atoms with Gasteiger partial charge in [-0.15, -0.1) is 0 Å². The molecule has 0 rings (SSSR count). The highest BCUT2D eigenvalue weighted by Gasteiger charge is 2.21. The van der Waals surface area contributed by atoms with Crippen molar-refractivity contribution in [3.63, 3.8) is 0 Å². The van der Waals surface area contributed by atoms with E-state index in [0.29, 0.717) is 23.9 Å². The minimum atomic E-state index is -4.65. The maximum Gasteiger partial charge on any atom is 0.306 e. The molecule has 0 spiro atoms. The largest absolute Gasteiger partial charge is 0.756 e. The van der Waals surface area contributed by atoms with Crippen LogP contribution in [-0.2, 0) is 32.7 Å². The van der Waals surface area contributed by atoms with E-state index in [2.05, 4.69) is 123 Å². The van der Waals surface area contributed by atoms with E-state index < -0.39 is 32.5 Å². The number of likely N-dealkylation sites (N-methyl/N-ethyl adjacent to an activating group) is 1. The zero-order chi connectivity index (χ0) is 45.7. The molecule has 352 valence electrons. The van der Waals surface area contributed by atoms with Crippen LogP contribution in [0.5, 0.6) is 0 Å². The molecule has 0 aliphatic rings. The Bertz CT molecular complexity index is 1420. The van der Waals surface area contributed by atoms with Gasteiger partial charge in [0.15, 0.2) is 6.10 Å². The number of carbonyl (C=O) groups excluding carboxylic acids is 2. The number of phosphoric acid groups is 1. The SMILES string of the molecule is CC/C=C\C/C=C\C/C=C\C/C=C\C/C=C\C/C=C\CCCCCCCCC(=O)OC(COC(=O)CCCCC/C=C\C/C=C\C/C=C\CC)COP(=O)([O-])OCC[N+](C)(C)C. The Hall–Kier alpha value is -3.33. The molecule has 0 N–H and O–H groups in total. The van der Waals surface area contributed by atoms with Crippen molar-refractivity contribution < 1.29 is 42.1 Å². The van der Waals surface area contributed by atoms with Gasteiger partial charge in [-0.25, -0.2) is 0 Å². The first-order valence-electron chi connectivity index (χ1n) is 23.6. The first kappa shape index (κ1) is 58.7. The molecule has 0 fully saturated rings. The lowest BCUT2D eigenvalue weighted by atomic mass is 10.1. The molecule has 0 bridgehead atoms. The molecular formula is C52H86NO8P. The highest BCUT2D eigenvalue weighted by Crippen LogP contribution is 2.38. The summed E-state index contributed by atoms with van der Waals surface area (Å²) in [5.74, 6) is -0.898. The van der Waals surface area contributed by atoms with Crippen molar-refractivity contribution in [2.24, 2.45) is 0 Å². The van der Waals surface area contributed by atoms with Crippen LogP contribution < -0.4 is 4.89 Å². The second-order valence-corrected chi connectivity index (χ2v) is 17.8. The fourth-order valence-corrected chi connectivity index (χ4v) is 6.40. The van der Waals surface area contributed by atoms with Gasteiger partial charge >= 0.3 is 11.9 Å². The number of hydrogen-bond acceptors (Lipinski definition) is 8. The van der Waals surface area contributed by atoms with Crippen LogP contribution >= 0.6 is 7.82 Å². The van der Waals surface area contributed by atoms with Crippen molar-refractivity contribution in [2.75, 3.05) is 47.5 Å². The molecule has 10 heteroatoms. The third-order valence-corrected chi connectivity index (χ3v) is 10.3. The first-order chi connectivity index (χ1) is 30.0. The lowest BCUT2D eigenvalue weighted by Gasteiger charge is -2.28. The third kappa shape index (κ3) is 46.2. The van der Waals surface area contributed by atoms with E-state index in [9.17, 15) is 19.0 Å². The van der Waals surface area contributed by atoms with Crippen LogP contribution in [0, 0.1) is 0 Å². The maximum absolute atomic E-state index is 12.7. The molecule has 9 nitrogen and oxygen atoms in total. The average molecular weight is 884 g/mol. The van der Waals surface area contributed by atoms with Gasteiger partial charge in [0.25, 0.3) is 7.82 Å². The number of phosphoric ester groups is 1. The lowest BCUT2D eigenvalue weighted by Crippen LogP contribution is -2.37. The van der Waals surface area contributed by atoms with Gasteiger partial charge in [0, 0.05) is 12.8 Å². The predicted octanol–water partition coefficient (Wildman–Crippen LogP) is 13.3. The summed E-state index contributed by atoms with van der Waals surface area (Å²) in [5, 5.41) is 0. The molecule has 0 aliphatic heterocycles. The molecule has 0 amide bonds. The predicted molar refractivity (Wildman–Crippen MR) is 258 cm³/mol. The van der Waals surface area contributed by atoms with Crippen LogP contribution in [0.2, 0.25) is 0 Å². The van der Waals surface area contributed by atoms with Crippen LogP contribution in [0.3, 0.4) is 0 Å². The molecule has 2 atom stereocenters. The van der Waals surface area contributed by atoms with E-state index >= 15 is 0 Å². The summed E-state index contributed by atoms with van der Waals surface area (Å²) in [6, 6.07) is 0. The second-order valence-electron chi connectivity index (χ2n) is 16.4. The van der Waals surface area contributed by atoms with Gasteiger partial charge < -0.3 is 27.9 Å². The number of ether oxygens (including phenoxy) is 2. The van der Waals surface area contributed by atoms with Crippen LogP contribution in [0.1, 0.15) is 155 Å². The molecule has 62 heavy (non-hydrogen) atoms. The molecule has 0 aromatic rings. The number of allylic oxidation sites excluding steroid dienone is 18. The second kappa shape index (κ2) is 42.9. The van der Waals surface area contributed by atoms with Crippen molar-refractivity contribution in [1.82, 2.24) is 0 Å². The van der Waals surface area contributed by atoms with E-state index in [1.165, 1.54) is 0 Å². The van der Waals surface area contributed by atoms with Gasteiger partial charge in [-0.3, -0.25) is 14.2 Å². The summed E-state index contributed by atoms with van der Waals surface area (Å²) in [7, 11) is 1.12. The summed E-state index contributed by atoms with van der Waals surface area (Å²) in [6.45, 7) is 3.92. The van der Waals surface area contributed by atoms with Crippen molar-refractivity contribution in [3.05, 3.63) is 109 Å². The van der Waals surface area contributed by atoms with Crippen LogP contribution in [0.4, 0.5) is 0 Å². The molecule has 0 aromatic heterocycles. The van der Waals surface area contributed by atoms with Gasteiger partial charge in [0.2, 0.25) is 0 Å². The van der Waals surface area contributed by atoms with Crippen molar-refractivity contribution in [3.8, 4) is 0 Å². The van der Waals surface area contributed by atoms with Crippen molar-refractivity contribution in [1.29, 1.82) is 0 Å². The normalized spacial score (nSPS) is 14.5. The fraction of sp³-hybridized carbons (Fsp3) is 0.615. The summed E-state index contributed by atoms with van der Waals surface area (Å²) in [5.41, 5.74) is 0. The number of nitrogens with zero attached hydrogens (tertiary/aromatic N) is 1. The lowest BCUT2D eigenvalue weighted by molar-refractivity contribution is -0.870. The smallest absolute Gasteiger partial charge is 0.306 e. The molecule has 2 unspecified atom stereocenters. The Morgan fingerprint density at radius 3 is 1.31 bits per heavy atom. The van der Waals surface area contributed by atoms with Crippen LogP contribution in [0.25, 0.3) is 0 Å². The highest BCUT2D eigenvalue weighted by molar-refractivity contribution is 7.45. The van der Waals surface area contributed by atoms with E-state index in [0.717, 1.165) is 116 Å². The maximum atomic E-state index is 12.7. The quantitative estimate of drug-likeness (QED) is 0.0196. The monoisotopic (exact) mass is 884 g/mol. The van der Waals surface area contributed by atoms with Gasteiger partial charge in [0.1, 0.15) is 19.8 Å². The molecule has 0 saturated carbocycles. The van der Waals surface area contributed by atoms with E-state index in [4.69, 9.17) is 18.5 Å². The molecule has 0 saturated heterocycles. The number of rotatable bonds is 41. The topological polar surface area (TPSA) is 111 Å². The van der Waals surface area contributed by atoms with Crippen LogP contribution in [0.15, 0.2) is 109 Å². The zero-order valence-electron chi connectivity index (χ0n) is 39.5. The summed E-state index contributed by atoms with van der Waals surface area (Å²) >= 11 is 0. The van der Waals surface area contributed by atoms with Crippen molar-refractivity contribution in [2.45, 2.75) is 161 Å². The molecular weight excluding hydrogens is 798 g/mol. The third-order valence-electron chi connectivity index (χ3n) is 9.29. The molecule has 0 aliphatic carbocycles. The Kier molecular flexibility index (Phi) is 40.6. The number of hydrogen-bond donors (Lipinski definition) is 0. The van der Waals surface area contributed by atoms with E-state index in [1.54, 1.807) is 0 Å². The summed E-state index contributed by atoms with van der Waals surface area (Å²) in [4.78, 5) is 37.6. The summed E-state index contributed by atoms with van der Waals surface area (Å²) in [6.07, 6.45) is 58.4. The fourth-order valence-electron chi connectivity index (χ4n) is 5.67. The Morgan fingerprint density at radius 1 is 0.500 bits per heavy atom. The Balaban J connectivity index is 4.36. The highest BCUT2D eigenvalue weighted by atomic mass is 31.2. The van der Waals surface area contributed by atoms with E-state index in [-0.39, 0.29) is 26.1 Å². The number of carbonyl (C=O) groups is 2. The van der Waals surface area contributed by atoms with Gasteiger partial charge in [-0.1, -0.05) is 155 Å². The molecule has 0 radical (unpaired) electrons.